The van der Waals surface area contributed by atoms with E-state index in [9.17, 15) is 4.79 Å². The average molecular weight is 367 g/mol. The molecule has 0 bridgehead atoms. The minimum Gasteiger partial charge on any atom is -0.496 e. The van der Waals surface area contributed by atoms with Gasteiger partial charge in [-0.2, -0.15) is 5.10 Å². The third kappa shape index (κ3) is 4.03. The number of rotatable bonds is 7. The van der Waals surface area contributed by atoms with Crippen molar-refractivity contribution >= 4 is 5.91 Å². The maximum absolute atomic E-state index is 12.5. The van der Waals surface area contributed by atoms with E-state index in [1.165, 1.54) is 0 Å². The molecule has 0 spiro atoms. The van der Waals surface area contributed by atoms with Crippen molar-refractivity contribution in [3.8, 4) is 22.9 Å². The van der Waals surface area contributed by atoms with Gasteiger partial charge in [0.2, 0.25) is 0 Å². The van der Waals surface area contributed by atoms with Gasteiger partial charge in [0.05, 0.1) is 27.0 Å². The lowest BCUT2D eigenvalue weighted by molar-refractivity contribution is 0.0950. The average Bonchev–Trinajstić information content (AvgIpc) is 3.26. The Hall–Kier alpha value is -3.48. The molecule has 0 aliphatic carbocycles. The van der Waals surface area contributed by atoms with Gasteiger partial charge in [-0.25, -0.2) is 4.68 Å². The molecule has 1 N–H and O–H groups in total. The van der Waals surface area contributed by atoms with Crippen LogP contribution < -0.4 is 19.5 Å². The molecule has 0 unspecified atom stereocenters. The molecule has 140 valence electrons. The van der Waals surface area contributed by atoms with Gasteiger partial charge in [-0.05, 0) is 36.4 Å². The number of aromatic nitrogens is 2. The Kier molecular flexibility index (Phi) is 5.61. The maximum atomic E-state index is 12.5. The SMILES string of the molecule is COc1cc(OC)c(OC)cc1CNC(=O)c1ccc(-n2cccn2)cc1. The third-order valence-corrected chi connectivity index (χ3v) is 4.12. The molecule has 1 heterocycles. The van der Waals surface area contributed by atoms with Gasteiger partial charge in [0.25, 0.3) is 5.91 Å². The highest BCUT2D eigenvalue weighted by Gasteiger charge is 2.13. The van der Waals surface area contributed by atoms with Gasteiger partial charge in [-0.15, -0.1) is 0 Å². The summed E-state index contributed by atoms with van der Waals surface area (Å²) < 4.78 is 17.7. The van der Waals surface area contributed by atoms with Crippen LogP contribution in [0.25, 0.3) is 5.69 Å². The second-order valence-electron chi connectivity index (χ2n) is 5.70. The van der Waals surface area contributed by atoms with E-state index in [0.717, 1.165) is 11.3 Å². The molecule has 2 aromatic carbocycles. The topological polar surface area (TPSA) is 74.6 Å². The summed E-state index contributed by atoms with van der Waals surface area (Å²) in [5.74, 6) is 1.57. The molecule has 7 heteroatoms. The highest BCUT2D eigenvalue weighted by atomic mass is 16.5. The van der Waals surface area contributed by atoms with Crippen molar-refractivity contribution in [2.75, 3.05) is 21.3 Å². The van der Waals surface area contributed by atoms with Crippen molar-refractivity contribution in [2.45, 2.75) is 6.54 Å². The highest BCUT2D eigenvalue weighted by Crippen LogP contribution is 2.34. The van der Waals surface area contributed by atoms with Gasteiger partial charge in [0.1, 0.15) is 5.75 Å². The summed E-state index contributed by atoms with van der Waals surface area (Å²) >= 11 is 0. The molecule has 0 saturated heterocycles. The van der Waals surface area contributed by atoms with Crippen LogP contribution in [0, 0.1) is 0 Å². The van der Waals surface area contributed by atoms with E-state index in [4.69, 9.17) is 14.2 Å². The fourth-order valence-corrected chi connectivity index (χ4v) is 2.70. The van der Waals surface area contributed by atoms with Gasteiger partial charge in [-0.3, -0.25) is 4.79 Å². The zero-order valence-corrected chi connectivity index (χ0v) is 15.4. The van der Waals surface area contributed by atoms with E-state index in [0.29, 0.717) is 29.4 Å². The molecule has 27 heavy (non-hydrogen) atoms. The molecular weight excluding hydrogens is 346 g/mol. The molecule has 0 saturated carbocycles. The number of carbonyl (C=O) groups excluding carboxylic acids is 1. The van der Waals surface area contributed by atoms with Crippen LogP contribution in [0.2, 0.25) is 0 Å². The zero-order chi connectivity index (χ0) is 19.2. The molecule has 0 atom stereocenters. The fourth-order valence-electron chi connectivity index (χ4n) is 2.70. The normalized spacial score (nSPS) is 10.3. The van der Waals surface area contributed by atoms with Crippen molar-refractivity contribution < 1.29 is 19.0 Å². The zero-order valence-electron chi connectivity index (χ0n) is 15.4. The van der Waals surface area contributed by atoms with Crippen LogP contribution in [0.5, 0.6) is 17.2 Å². The molecule has 1 amide bonds. The van der Waals surface area contributed by atoms with Crippen molar-refractivity contribution in [3.63, 3.8) is 0 Å². The molecule has 1 aromatic heterocycles. The van der Waals surface area contributed by atoms with Crippen LogP contribution >= 0.6 is 0 Å². The van der Waals surface area contributed by atoms with Crippen LogP contribution in [0.1, 0.15) is 15.9 Å². The number of ether oxygens (including phenoxy) is 3. The molecular formula is C20H21N3O4. The Morgan fingerprint density at radius 2 is 1.67 bits per heavy atom. The number of hydrogen-bond acceptors (Lipinski definition) is 5. The van der Waals surface area contributed by atoms with E-state index in [2.05, 4.69) is 10.4 Å². The number of nitrogens with zero attached hydrogens (tertiary/aromatic N) is 2. The van der Waals surface area contributed by atoms with Crippen LogP contribution in [-0.2, 0) is 6.54 Å². The predicted molar refractivity (Wildman–Crippen MR) is 101 cm³/mol. The van der Waals surface area contributed by atoms with Crippen LogP contribution in [0.3, 0.4) is 0 Å². The summed E-state index contributed by atoms with van der Waals surface area (Å²) in [6.45, 7) is 0.295. The minimum absolute atomic E-state index is 0.182. The summed E-state index contributed by atoms with van der Waals surface area (Å²) in [6.07, 6.45) is 3.55. The van der Waals surface area contributed by atoms with E-state index in [1.807, 2.05) is 24.4 Å². The Morgan fingerprint density at radius 3 is 2.26 bits per heavy atom. The second kappa shape index (κ2) is 8.27. The summed E-state index contributed by atoms with van der Waals surface area (Å²) in [7, 11) is 4.69. The summed E-state index contributed by atoms with van der Waals surface area (Å²) in [5, 5.41) is 7.06. The number of hydrogen-bond donors (Lipinski definition) is 1. The predicted octanol–water partition coefficient (Wildman–Crippen LogP) is 2.83. The summed E-state index contributed by atoms with van der Waals surface area (Å²) in [6, 6.07) is 12.6. The quantitative estimate of drug-likeness (QED) is 0.695. The standard InChI is InChI=1S/C20H21N3O4/c1-25-17-12-19(27-3)18(26-2)11-15(17)13-21-20(24)14-5-7-16(8-6-14)23-10-4-9-22-23/h4-12H,13H2,1-3H3,(H,21,24). The summed E-state index contributed by atoms with van der Waals surface area (Å²) in [4.78, 5) is 12.5. The fraction of sp³-hybridized carbons (Fsp3) is 0.200. The van der Waals surface area contributed by atoms with Gasteiger partial charge < -0.3 is 19.5 Å². The van der Waals surface area contributed by atoms with E-state index < -0.39 is 0 Å². The van der Waals surface area contributed by atoms with Gasteiger partial charge in [0.15, 0.2) is 11.5 Å². The molecule has 3 aromatic rings. The number of carbonyl (C=O) groups is 1. The van der Waals surface area contributed by atoms with Crippen LogP contribution in [-0.4, -0.2) is 37.0 Å². The first-order valence-electron chi connectivity index (χ1n) is 8.33. The van der Waals surface area contributed by atoms with Crippen molar-refractivity contribution in [1.29, 1.82) is 0 Å². The first-order chi connectivity index (χ1) is 13.2. The molecule has 0 aliphatic heterocycles. The summed E-state index contributed by atoms with van der Waals surface area (Å²) in [5.41, 5.74) is 2.24. The van der Waals surface area contributed by atoms with Gasteiger partial charge in [0, 0.05) is 36.1 Å². The Balaban J connectivity index is 1.72. The number of methoxy groups -OCH3 is 3. The molecule has 0 radical (unpaired) electrons. The van der Waals surface area contributed by atoms with Crippen LogP contribution in [0.15, 0.2) is 54.9 Å². The highest BCUT2D eigenvalue weighted by molar-refractivity contribution is 5.94. The molecule has 0 fully saturated rings. The molecule has 7 nitrogen and oxygen atoms in total. The largest absolute Gasteiger partial charge is 0.496 e. The minimum atomic E-state index is -0.182. The number of benzene rings is 2. The lowest BCUT2D eigenvalue weighted by Crippen LogP contribution is -2.23. The third-order valence-electron chi connectivity index (χ3n) is 4.12. The lowest BCUT2D eigenvalue weighted by Gasteiger charge is -2.14. The van der Waals surface area contributed by atoms with Crippen molar-refractivity contribution in [1.82, 2.24) is 15.1 Å². The van der Waals surface area contributed by atoms with Gasteiger partial charge >= 0.3 is 0 Å². The number of nitrogens with one attached hydrogen (secondary N) is 1. The second-order valence-corrected chi connectivity index (χ2v) is 5.70. The first kappa shape index (κ1) is 18.3. The van der Waals surface area contributed by atoms with E-state index >= 15 is 0 Å². The molecule has 3 rings (SSSR count). The van der Waals surface area contributed by atoms with Gasteiger partial charge in [-0.1, -0.05) is 0 Å². The van der Waals surface area contributed by atoms with E-state index in [1.54, 1.807) is 56.5 Å². The number of amides is 1. The Morgan fingerprint density at radius 1 is 1.00 bits per heavy atom. The monoisotopic (exact) mass is 367 g/mol. The van der Waals surface area contributed by atoms with Crippen molar-refractivity contribution in [2.24, 2.45) is 0 Å². The van der Waals surface area contributed by atoms with Crippen molar-refractivity contribution in [3.05, 3.63) is 66.0 Å². The smallest absolute Gasteiger partial charge is 0.251 e. The maximum Gasteiger partial charge on any atom is 0.251 e. The lowest BCUT2D eigenvalue weighted by atomic mass is 10.1. The van der Waals surface area contributed by atoms with E-state index in [-0.39, 0.29) is 5.91 Å². The molecule has 0 aliphatic rings. The Labute approximate surface area is 157 Å². The van der Waals surface area contributed by atoms with Crippen LogP contribution in [0.4, 0.5) is 0 Å². The first-order valence-corrected chi connectivity index (χ1v) is 8.33. The Bertz CT molecular complexity index is 906.